The number of hydrogen-bond donors (Lipinski definition) is 2. The normalized spacial score (nSPS) is 28.2. The number of aliphatic hydroxyl groups excluding tert-OH is 2. The van der Waals surface area contributed by atoms with Gasteiger partial charge in [0, 0.05) is 19.8 Å². The summed E-state index contributed by atoms with van der Waals surface area (Å²) in [4.78, 5) is 25.5. The van der Waals surface area contributed by atoms with Crippen LogP contribution in [-0.2, 0) is 14.3 Å². The molecule has 1 saturated heterocycles. The zero-order valence-electron chi connectivity index (χ0n) is 14.4. The van der Waals surface area contributed by atoms with E-state index in [9.17, 15) is 24.9 Å². The van der Waals surface area contributed by atoms with Gasteiger partial charge in [0.05, 0.1) is 18.2 Å². The molecular weight excluding hydrogens is 342 g/mol. The number of carbonyl (C=O) groups is 2. The summed E-state index contributed by atoms with van der Waals surface area (Å²) in [6.07, 6.45) is -4.46. The maximum atomic E-state index is 12.5. The van der Waals surface area contributed by atoms with Gasteiger partial charge < -0.3 is 29.7 Å². The first-order valence-electron chi connectivity index (χ1n) is 8.15. The fourth-order valence-corrected chi connectivity index (χ4v) is 2.88. The number of esters is 1. The Bertz CT molecular complexity index is 636. The molecule has 2 N–H and O–H groups in total. The standard InChI is InChI=1S/C18H22NO7/c1-3-9-19(11(2)21)14-16(15(22)13(10-20)25-18(14)24)26-17(23)12-7-5-4-6-8-12/h3-8,13-16,18,20,22H,1,9-10H2,2H3/q-1/t13-,14-,15-,16-,18+/m1/s1. The lowest BCUT2D eigenvalue weighted by Gasteiger charge is -2.50. The molecule has 1 heterocycles. The molecule has 26 heavy (non-hydrogen) atoms. The smallest absolute Gasteiger partial charge is 0.338 e. The van der Waals surface area contributed by atoms with Gasteiger partial charge in [0.15, 0.2) is 6.10 Å². The van der Waals surface area contributed by atoms with E-state index in [0.29, 0.717) is 0 Å². The highest BCUT2D eigenvalue weighted by Crippen LogP contribution is 2.26. The highest BCUT2D eigenvalue weighted by molar-refractivity contribution is 5.89. The predicted octanol–water partition coefficient (Wildman–Crippen LogP) is -0.946. The van der Waals surface area contributed by atoms with E-state index in [0.717, 1.165) is 4.90 Å². The van der Waals surface area contributed by atoms with E-state index >= 15 is 0 Å². The zero-order chi connectivity index (χ0) is 19.3. The Morgan fingerprint density at radius 2 is 2.04 bits per heavy atom. The molecule has 1 amide bonds. The van der Waals surface area contributed by atoms with E-state index in [1.165, 1.54) is 25.1 Å². The lowest BCUT2D eigenvalue weighted by molar-refractivity contribution is -0.524. The van der Waals surface area contributed by atoms with Gasteiger partial charge in [-0.3, -0.25) is 4.79 Å². The Labute approximate surface area is 151 Å². The van der Waals surface area contributed by atoms with Crippen LogP contribution in [0.5, 0.6) is 0 Å². The minimum atomic E-state index is -1.81. The summed E-state index contributed by atoms with van der Waals surface area (Å²) in [6, 6.07) is 6.78. The molecule has 0 radical (unpaired) electrons. The second-order valence-corrected chi connectivity index (χ2v) is 5.90. The van der Waals surface area contributed by atoms with Gasteiger partial charge in [-0.25, -0.2) is 4.79 Å². The Morgan fingerprint density at radius 3 is 2.58 bits per heavy atom. The van der Waals surface area contributed by atoms with E-state index in [-0.39, 0.29) is 12.1 Å². The SMILES string of the molecule is C=CCN(C(C)=O)[C@@H]1[C@@H](OC(=O)c2ccccc2)[C@H](O)[C@@H](CO)O[C@@H]1[O-]. The third-order valence-corrected chi connectivity index (χ3v) is 4.16. The van der Waals surface area contributed by atoms with Crippen molar-refractivity contribution >= 4 is 11.9 Å². The first-order valence-corrected chi connectivity index (χ1v) is 8.15. The fraction of sp³-hybridized carbons (Fsp3) is 0.444. The number of carbonyl (C=O) groups excluding carboxylic acids is 2. The first kappa shape index (κ1) is 20.1. The second-order valence-electron chi connectivity index (χ2n) is 5.90. The van der Waals surface area contributed by atoms with Crippen molar-refractivity contribution in [2.24, 2.45) is 0 Å². The Hall–Kier alpha value is -2.26. The van der Waals surface area contributed by atoms with E-state index in [2.05, 4.69) is 6.58 Å². The van der Waals surface area contributed by atoms with Gasteiger partial charge in [0.1, 0.15) is 12.2 Å². The molecule has 1 aromatic carbocycles. The molecule has 8 nitrogen and oxygen atoms in total. The van der Waals surface area contributed by atoms with Crippen LogP contribution >= 0.6 is 0 Å². The molecule has 0 saturated carbocycles. The highest BCUT2D eigenvalue weighted by atomic mass is 16.6. The number of rotatable bonds is 6. The van der Waals surface area contributed by atoms with Crippen molar-refractivity contribution in [2.45, 2.75) is 37.6 Å². The van der Waals surface area contributed by atoms with Crippen LogP contribution in [0.4, 0.5) is 0 Å². The van der Waals surface area contributed by atoms with Gasteiger partial charge >= 0.3 is 5.97 Å². The summed E-state index contributed by atoms with van der Waals surface area (Å²) in [7, 11) is 0. The van der Waals surface area contributed by atoms with Gasteiger partial charge in [-0.05, 0) is 12.1 Å². The van der Waals surface area contributed by atoms with Gasteiger partial charge in [-0.15, -0.1) is 6.58 Å². The molecule has 142 valence electrons. The minimum Gasteiger partial charge on any atom is -0.829 e. The number of amides is 1. The number of aliphatic hydroxyl groups is 2. The highest BCUT2D eigenvalue weighted by Gasteiger charge is 2.46. The van der Waals surface area contributed by atoms with Crippen molar-refractivity contribution in [1.82, 2.24) is 4.90 Å². The maximum Gasteiger partial charge on any atom is 0.338 e. The summed E-state index contributed by atoms with van der Waals surface area (Å²) < 4.78 is 10.5. The second kappa shape index (κ2) is 8.91. The molecule has 0 aliphatic carbocycles. The van der Waals surface area contributed by atoms with Crippen molar-refractivity contribution in [3.63, 3.8) is 0 Å². The number of nitrogens with zero attached hydrogens (tertiary/aromatic N) is 1. The zero-order valence-corrected chi connectivity index (χ0v) is 14.4. The van der Waals surface area contributed by atoms with Crippen LogP contribution < -0.4 is 5.11 Å². The van der Waals surface area contributed by atoms with Crippen molar-refractivity contribution in [3.8, 4) is 0 Å². The molecule has 0 spiro atoms. The van der Waals surface area contributed by atoms with Crippen molar-refractivity contribution in [2.75, 3.05) is 13.2 Å². The summed E-state index contributed by atoms with van der Waals surface area (Å²) in [6.45, 7) is 4.17. The number of ether oxygens (including phenoxy) is 2. The largest absolute Gasteiger partial charge is 0.829 e. The molecule has 8 heteroatoms. The molecule has 0 bridgehead atoms. The Morgan fingerprint density at radius 1 is 1.38 bits per heavy atom. The summed E-state index contributed by atoms with van der Waals surface area (Å²) in [5, 5.41) is 32.2. The summed E-state index contributed by atoms with van der Waals surface area (Å²) in [5.41, 5.74) is 0.228. The average molecular weight is 364 g/mol. The van der Waals surface area contributed by atoms with Gasteiger partial charge in [-0.1, -0.05) is 24.3 Å². The Kier molecular flexibility index (Phi) is 6.87. The lowest BCUT2D eigenvalue weighted by Crippen LogP contribution is -2.69. The third-order valence-electron chi connectivity index (χ3n) is 4.16. The van der Waals surface area contributed by atoms with Gasteiger partial charge in [-0.2, -0.15) is 0 Å². The van der Waals surface area contributed by atoms with Gasteiger partial charge in [0.25, 0.3) is 0 Å². The van der Waals surface area contributed by atoms with Crippen LogP contribution in [-0.4, -0.2) is 70.8 Å². The van der Waals surface area contributed by atoms with Crippen molar-refractivity contribution < 1.29 is 34.4 Å². The number of hydrogen-bond acceptors (Lipinski definition) is 7. The molecule has 1 aliphatic heterocycles. The lowest BCUT2D eigenvalue weighted by atomic mass is 9.95. The van der Waals surface area contributed by atoms with Crippen LogP contribution in [0.3, 0.4) is 0 Å². The Balaban J connectivity index is 2.34. The van der Waals surface area contributed by atoms with Crippen LogP contribution in [0, 0.1) is 0 Å². The fourth-order valence-electron chi connectivity index (χ4n) is 2.88. The van der Waals surface area contributed by atoms with Crippen molar-refractivity contribution in [1.29, 1.82) is 0 Å². The monoisotopic (exact) mass is 364 g/mol. The molecule has 0 aromatic heterocycles. The van der Waals surface area contributed by atoms with Crippen LogP contribution in [0.15, 0.2) is 43.0 Å². The predicted molar refractivity (Wildman–Crippen MR) is 88.8 cm³/mol. The van der Waals surface area contributed by atoms with Crippen molar-refractivity contribution in [3.05, 3.63) is 48.6 Å². The maximum absolute atomic E-state index is 12.5. The summed E-state index contributed by atoms with van der Waals surface area (Å²) in [5.74, 6) is -1.22. The van der Waals surface area contributed by atoms with Crippen LogP contribution in [0.25, 0.3) is 0 Å². The minimum absolute atomic E-state index is 0.0119. The quantitative estimate of drug-likeness (QED) is 0.493. The topological polar surface area (TPSA) is 119 Å². The van der Waals surface area contributed by atoms with Crippen LogP contribution in [0.1, 0.15) is 17.3 Å². The van der Waals surface area contributed by atoms with E-state index < -0.39 is 49.1 Å². The first-order chi connectivity index (χ1) is 12.4. The molecule has 1 aliphatic rings. The van der Waals surface area contributed by atoms with E-state index in [4.69, 9.17) is 9.47 Å². The third kappa shape index (κ3) is 4.28. The molecular formula is C18H22NO7-. The molecule has 1 aromatic rings. The summed E-state index contributed by atoms with van der Waals surface area (Å²) >= 11 is 0. The molecule has 5 atom stereocenters. The van der Waals surface area contributed by atoms with Crippen LogP contribution in [0.2, 0.25) is 0 Å². The van der Waals surface area contributed by atoms with E-state index in [1.807, 2.05) is 0 Å². The molecule has 1 fully saturated rings. The molecule has 2 rings (SSSR count). The van der Waals surface area contributed by atoms with Gasteiger partial charge in [0.2, 0.25) is 5.91 Å². The molecule has 0 unspecified atom stereocenters. The average Bonchev–Trinajstić information content (AvgIpc) is 2.63. The number of benzene rings is 1. The van der Waals surface area contributed by atoms with E-state index in [1.54, 1.807) is 18.2 Å².